The molecule has 1 amide bonds. The standard InChI is InChI=1S/C14H15N3O2.ClH/c1-9-4-13(17-19-9)14(18)16-6-10-2-3-11-7-15-8-12(11)5-10;/h2-5,15H,6-8H2,1H3,(H,16,18);1H. The van der Waals surface area contributed by atoms with E-state index in [4.69, 9.17) is 4.52 Å². The molecular formula is C14H16ClN3O2. The van der Waals surface area contributed by atoms with Crippen molar-refractivity contribution in [2.75, 3.05) is 0 Å². The molecule has 0 bridgehead atoms. The zero-order chi connectivity index (χ0) is 13.2. The van der Waals surface area contributed by atoms with Gasteiger partial charge in [0.2, 0.25) is 0 Å². The second kappa shape index (κ2) is 6.07. The lowest BCUT2D eigenvalue weighted by atomic mass is 10.1. The molecule has 0 saturated heterocycles. The van der Waals surface area contributed by atoms with Gasteiger partial charge < -0.3 is 15.2 Å². The van der Waals surface area contributed by atoms with E-state index in [0.717, 1.165) is 18.7 Å². The van der Waals surface area contributed by atoms with Gasteiger partial charge in [0.1, 0.15) is 5.76 Å². The predicted molar refractivity (Wildman–Crippen MR) is 76.6 cm³/mol. The van der Waals surface area contributed by atoms with Gasteiger partial charge in [0.15, 0.2) is 5.69 Å². The van der Waals surface area contributed by atoms with Gasteiger partial charge in [-0.15, -0.1) is 12.4 Å². The fourth-order valence-corrected chi connectivity index (χ4v) is 2.20. The number of fused-ring (bicyclic) bond motifs is 1. The van der Waals surface area contributed by atoms with Crippen molar-refractivity contribution in [2.24, 2.45) is 0 Å². The van der Waals surface area contributed by atoms with Gasteiger partial charge >= 0.3 is 0 Å². The summed E-state index contributed by atoms with van der Waals surface area (Å²) in [6.45, 7) is 4.09. The van der Waals surface area contributed by atoms with Gasteiger partial charge in [-0.3, -0.25) is 4.79 Å². The third kappa shape index (κ3) is 3.00. The third-order valence-electron chi connectivity index (χ3n) is 3.22. The smallest absolute Gasteiger partial charge is 0.273 e. The Kier molecular flexibility index (Phi) is 4.42. The number of benzene rings is 1. The first kappa shape index (κ1) is 14.6. The van der Waals surface area contributed by atoms with Crippen molar-refractivity contribution in [3.63, 3.8) is 0 Å². The number of aryl methyl sites for hydroxylation is 1. The normalized spacial score (nSPS) is 12.7. The zero-order valence-electron chi connectivity index (χ0n) is 11.1. The van der Waals surface area contributed by atoms with Gasteiger partial charge in [-0.25, -0.2) is 0 Å². The van der Waals surface area contributed by atoms with Crippen molar-refractivity contribution in [2.45, 2.75) is 26.6 Å². The number of carbonyl (C=O) groups is 1. The number of amides is 1. The first-order valence-electron chi connectivity index (χ1n) is 6.25. The molecule has 2 aromatic rings. The lowest BCUT2D eigenvalue weighted by Gasteiger charge is -2.05. The highest BCUT2D eigenvalue weighted by molar-refractivity contribution is 5.92. The van der Waals surface area contributed by atoms with Gasteiger partial charge in [0.05, 0.1) is 0 Å². The SMILES string of the molecule is Cc1cc(C(=O)NCc2ccc3c(c2)CNC3)no1.Cl. The zero-order valence-corrected chi connectivity index (χ0v) is 11.9. The molecule has 0 atom stereocenters. The molecule has 1 aromatic carbocycles. The Labute approximate surface area is 123 Å². The van der Waals surface area contributed by atoms with Gasteiger partial charge in [0.25, 0.3) is 5.91 Å². The number of halogens is 1. The molecule has 2 N–H and O–H groups in total. The van der Waals surface area contributed by atoms with Crippen LogP contribution in [0, 0.1) is 6.92 Å². The summed E-state index contributed by atoms with van der Waals surface area (Å²) in [5.74, 6) is 0.421. The molecule has 0 fully saturated rings. The molecule has 0 aliphatic carbocycles. The summed E-state index contributed by atoms with van der Waals surface area (Å²) in [7, 11) is 0. The van der Waals surface area contributed by atoms with E-state index in [9.17, 15) is 4.79 Å². The van der Waals surface area contributed by atoms with Gasteiger partial charge in [0, 0.05) is 25.7 Å². The molecule has 2 heterocycles. The van der Waals surface area contributed by atoms with Crippen LogP contribution in [0.3, 0.4) is 0 Å². The van der Waals surface area contributed by atoms with Crippen molar-refractivity contribution >= 4 is 18.3 Å². The molecule has 6 heteroatoms. The predicted octanol–water partition coefficient (Wildman–Crippen LogP) is 1.94. The van der Waals surface area contributed by atoms with Crippen molar-refractivity contribution < 1.29 is 9.32 Å². The van der Waals surface area contributed by atoms with E-state index in [1.807, 2.05) is 6.07 Å². The molecule has 1 aliphatic heterocycles. The summed E-state index contributed by atoms with van der Waals surface area (Å²) in [4.78, 5) is 11.8. The third-order valence-corrected chi connectivity index (χ3v) is 3.22. The molecule has 3 rings (SSSR count). The summed E-state index contributed by atoms with van der Waals surface area (Å²) < 4.78 is 4.88. The van der Waals surface area contributed by atoms with Crippen LogP contribution in [0.2, 0.25) is 0 Å². The second-order valence-corrected chi connectivity index (χ2v) is 4.71. The minimum atomic E-state index is -0.213. The lowest BCUT2D eigenvalue weighted by Crippen LogP contribution is -2.23. The minimum absolute atomic E-state index is 0. The number of aromatic nitrogens is 1. The van der Waals surface area contributed by atoms with E-state index in [-0.39, 0.29) is 18.3 Å². The Hall–Kier alpha value is -1.85. The van der Waals surface area contributed by atoms with Crippen LogP contribution in [0.1, 0.15) is 32.9 Å². The van der Waals surface area contributed by atoms with Gasteiger partial charge in [-0.1, -0.05) is 23.4 Å². The molecule has 106 valence electrons. The number of hydrogen-bond acceptors (Lipinski definition) is 4. The number of nitrogens with one attached hydrogen (secondary N) is 2. The molecule has 20 heavy (non-hydrogen) atoms. The van der Waals surface area contributed by atoms with Crippen molar-refractivity contribution in [3.8, 4) is 0 Å². The average Bonchev–Trinajstić information content (AvgIpc) is 3.03. The highest BCUT2D eigenvalue weighted by atomic mass is 35.5. The maximum absolute atomic E-state index is 11.8. The van der Waals surface area contributed by atoms with Crippen LogP contribution in [0.5, 0.6) is 0 Å². The minimum Gasteiger partial charge on any atom is -0.361 e. The summed E-state index contributed by atoms with van der Waals surface area (Å²) in [6, 6.07) is 7.91. The molecular weight excluding hydrogens is 278 g/mol. The maximum atomic E-state index is 11.8. The van der Waals surface area contributed by atoms with Gasteiger partial charge in [-0.2, -0.15) is 0 Å². The van der Waals surface area contributed by atoms with Crippen molar-refractivity contribution in [3.05, 3.63) is 52.4 Å². The van der Waals surface area contributed by atoms with Crippen LogP contribution >= 0.6 is 12.4 Å². The van der Waals surface area contributed by atoms with Crippen LogP contribution in [-0.4, -0.2) is 11.1 Å². The molecule has 1 aliphatic rings. The Morgan fingerprint density at radius 3 is 2.90 bits per heavy atom. The number of carbonyl (C=O) groups excluding carboxylic acids is 1. The van der Waals surface area contributed by atoms with Crippen LogP contribution in [0.4, 0.5) is 0 Å². The Balaban J connectivity index is 0.00000147. The van der Waals surface area contributed by atoms with E-state index in [0.29, 0.717) is 18.0 Å². The average molecular weight is 294 g/mol. The van der Waals surface area contributed by atoms with Crippen LogP contribution < -0.4 is 10.6 Å². The topological polar surface area (TPSA) is 67.2 Å². The van der Waals surface area contributed by atoms with E-state index < -0.39 is 0 Å². The van der Waals surface area contributed by atoms with E-state index in [2.05, 4.69) is 27.9 Å². The number of nitrogens with zero attached hydrogens (tertiary/aromatic N) is 1. The summed E-state index contributed by atoms with van der Waals surface area (Å²) in [5.41, 5.74) is 4.06. The van der Waals surface area contributed by atoms with E-state index >= 15 is 0 Å². The summed E-state index contributed by atoms with van der Waals surface area (Å²) in [6.07, 6.45) is 0. The Bertz CT molecular complexity index is 625. The van der Waals surface area contributed by atoms with Crippen molar-refractivity contribution in [1.29, 1.82) is 0 Å². The molecule has 5 nitrogen and oxygen atoms in total. The molecule has 0 radical (unpaired) electrons. The number of hydrogen-bond donors (Lipinski definition) is 2. The monoisotopic (exact) mass is 293 g/mol. The lowest BCUT2D eigenvalue weighted by molar-refractivity contribution is 0.0942. The Morgan fingerprint density at radius 1 is 1.35 bits per heavy atom. The quantitative estimate of drug-likeness (QED) is 0.907. The fraction of sp³-hybridized carbons (Fsp3) is 0.286. The molecule has 1 aromatic heterocycles. The Morgan fingerprint density at radius 2 is 2.15 bits per heavy atom. The molecule has 0 saturated carbocycles. The molecule has 0 spiro atoms. The fourth-order valence-electron chi connectivity index (χ4n) is 2.20. The first-order chi connectivity index (χ1) is 9.22. The van der Waals surface area contributed by atoms with Crippen molar-refractivity contribution in [1.82, 2.24) is 15.8 Å². The summed E-state index contributed by atoms with van der Waals surface area (Å²) in [5, 5.41) is 9.83. The van der Waals surface area contributed by atoms with Gasteiger partial charge in [-0.05, 0) is 23.6 Å². The largest absolute Gasteiger partial charge is 0.361 e. The van der Waals surface area contributed by atoms with Crippen LogP contribution in [0.25, 0.3) is 0 Å². The van der Waals surface area contributed by atoms with Crippen LogP contribution in [0.15, 0.2) is 28.8 Å². The highest BCUT2D eigenvalue weighted by Crippen LogP contribution is 2.17. The van der Waals surface area contributed by atoms with E-state index in [1.165, 1.54) is 11.1 Å². The van der Waals surface area contributed by atoms with E-state index in [1.54, 1.807) is 13.0 Å². The second-order valence-electron chi connectivity index (χ2n) is 4.71. The first-order valence-corrected chi connectivity index (χ1v) is 6.25. The summed E-state index contributed by atoms with van der Waals surface area (Å²) >= 11 is 0. The maximum Gasteiger partial charge on any atom is 0.273 e. The molecule has 0 unspecified atom stereocenters. The van der Waals surface area contributed by atoms with Crippen LogP contribution in [-0.2, 0) is 19.6 Å². The number of rotatable bonds is 3. The highest BCUT2D eigenvalue weighted by Gasteiger charge is 2.12.